The summed E-state index contributed by atoms with van der Waals surface area (Å²) in [6.45, 7) is 1.85. The number of rotatable bonds is 2. The van der Waals surface area contributed by atoms with Gasteiger partial charge in [0.25, 0.3) is 0 Å². The van der Waals surface area contributed by atoms with Gasteiger partial charge in [-0.1, -0.05) is 6.07 Å². The molecule has 3 N–H and O–H groups in total. The average molecular weight is 234 g/mol. The third-order valence-corrected chi connectivity index (χ3v) is 2.72. The largest absolute Gasteiger partial charge is 0.506 e. The van der Waals surface area contributed by atoms with Crippen molar-refractivity contribution in [1.29, 1.82) is 0 Å². The fourth-order valence-electron chi connectivity index (χ4n) is 1.78. The van der Waals surface area contributed by atoms with Crippen LogP contribution in [0.5, 0.6) is 5.75 Å². The quantitative estimate of drug-likeness (QED) is 0.666. The average Bonchev–Trinajstić information content (AvgIpc) is 2.69. The second kappa shape index (κ2) is 4.45. The summed E-state index contributed by atoms with van der Waals surface area (Å²) in [5, 5.41) is 14.8. The van der Waals surface area contributed by atoms with Crippen molar-refractivity contribution in [2.24, 2.45) is 0 Å². The van der Waals surface area contributed by atoms with Crippen molar-refractivity contribution in [3.63, 3.8) is 0 Å². The van der Waals surface area contributed by atoms with E-state index in [0.29, 0.717) is 18.5 Å². The van der Waals surface area contributed by atoms with Crippen LogP contribution in [-0.2, 0) is 9.59 Å². The maximum absolute atomic E-state index is 11.8. The van der Waals surface area contributed by atoms with E-state index < -0.39 is 6.04 Å². The van der Waals surface area contributed by atoms with Gasteiger partial charge in [-0.25, -0.2) is 0 Å². The maximum atomic E-state index is 11.8. The number of aryl methyl sites for hydroxylation is 1. The van der Waals surface area contributed by atoms with Crippen molar-refractivity contribution >= 4 is 17.5 Å². The number of anilines is 1. The highest BCUT2D eigenvalue weighted by atomic mass is 16.3. The van der Waals surface area contributed by atoms with Gasteiger partial charge in [0.1, 0.15) is 11.8 Å². The van der Waals surface area contributed by atoms with Crippen molar-refractivity contribution < 1.29 is 14.7 Å². The molecule has 1 aliphatic heterocycles. The van der Waals surface area contributed by atoms with Crippen LogP contribution in [0, 0.1) is 6.92 Å². The summed E-state index contributed by atoms with van der Waals surface area (Å²) < 4.78 is 0. The lowest BCUT2D eigenvalue weighted by Crippen LogP contribution is -2.37. The van der Waals surface area contributed by atoms with Crippen LogP contribution in [0.3, 0.4) is 0 Å². The van der Waals surface area contributed by atoms with Gasteiger partial charge in [0.05, 0.1) is 5.69 Å². The molecule has 17 heavy (non-hydrogen) atoms. The molecule has 0 saturated carbocycles. The minimum absolute atomic E-state index is 0.0303. The molecule has 5 nitrogen and oxygen atoms in total. The highest BCUT2D eigenvalue weighted by molar-refractivity contribution is 5.99. The summed E-state index contributed by atoms with van der Waals surface area (Å²) in [5.41, 5.74) is 1.27. The summed E-state index contributed by atoms with van der Waals surface area (Å²) in [6, 6.07) is 4.51. The monoisotopic (exact) mass is 234 g/mol. The molecule has 1 saturated heterocycles. The van der Waals surface area contributed by atoms with Crippen molar-refractivity contribution in [2.75, 3.05) is 5.32 Å². The van der Waals surface area contributed by atoms with E-state index in [1.807, 2.05) is 6.92 Å². The molecule has 5 heteroatoms. The van der Waals surface area contributed by atoms with Crippen LogP contribution in [0.25, 0.3) is 0 Å². The third-order valence-electron chi connectivity index (χ3n) is 2.72. The Balaban J connectivity index is 2.05. The van der Waals surface area contributed by atoms with Crippen LogP contribution in [0.1, 0.15) is 18.4 Å². The molecular weight excluding hydrogens is 220 g/mol. The Hall–Kier alpha value is -2.04. The van der Waals surface area contributed by atoms with E-state index in [-0.39, 0.29) is 17.6 Å². The third kappa shape index (κ3) is 2.55. The van der Waals surface area contributed by atoms with Crippen LogP contribution in [0.2, 0.25) is 0 Å². The summed E-state index contributed by atoms with van der Waals surface area (Å²) in [4.78, 5) is 22.7. The van der Waals surface area contributed by atoms with E-state index in [1.54, 1.807) is 18.2 Å². The molecule has 0 aliphatic carbocycles. The first-order chi connectivity index (χ1) is 8.06. The molecule has 0 bridgehead atoms. The molecule has 1 aromatic rings. The van der Waals surface area contributed by atoms with Crippen molar-refractivity contribution in [3.8, 4) is 5.75 Å². The first kappa shape index (κ1) is 11.4. The highest BCUT2D eigenvalue weighted by Crippen LogP contribution is 2.24. The summed E-state index contributed by atoms with van der Waals surface area (Å²) in [6.07, 6.45) is 0.870. The molecule has 0 spiro atoms. The Morgan fingerprint density at radius 2 is 2.29 bits per heavy atom. The second-order valence-electron chi connectivity index (χ2n) is 4.17. The molecule has 1 heterocycles. The standard InChI is InChI=1S/C12H14N2O3/c1-7-2-3-8(10(15)6-7)14-12(17)9-4-5-11(16)13-9/h2-3,6,9,15H,4-5H2,1H3,(H,13,16)(H,14,17)/t9-/m0/s1. The molecule has 2 rings (SSSR count). The van der Waals surface area contributed by atoms with Gasteiger partial charge in [0.15, 0.2) is 0 Å². The summed E-state index contributed by atoms with van der Waals surface area (Å²) in [5.74, 6) is -0.379. The Morgan fingerprint density at radius 3 is 2.88 bits per heavy atom. The predicted molar refractivity (Wildman–Crippen MR) is 62.6 cm³/mol. The number of hydrogen-bond donors (Lipinski definition) is 3. The lowest BCUT2D eigenvalue weighted by atomic mass is 10.2. The summed E-state index contributed by atoms with van der Waals surface area (Å²) >= 11 is 0. The van der Waals surface area contributed by atoms with Gasteiger partial charge < -0.3 is 15.7 Å². The Kier molecular flexibility index (Phi) is 2.99. The van der Waals surface area contributed by atoms with E-state index in [1.165, 1.54) is 0 Å². The van der Waals surface area contributed by atoms with Gasteiger partial charge in [-0.05, 0) is 31.0 Å². The Morgan fingerprint density at radius 1 is 1.53 bits per heavy atom. The zero-order valence-electron chi connectivity index (χ0n) is 9.49. The van der Waals surface area contributed by atoms with Crippen molar-refractivity contribution in [3.05, 3.63) is 23.8 Å². The molecule has 0 unspecified atom stereocenters. The number of nitrogens with one attached hydrogen (secondary N) is 2. The molecule has 90 valence electrons. The van der Waals surface area contributed by atoms with Crippen LogP contribution < -0.4 is 10.6 Å². The molecule has 0 radical (unpaired) electrons. The number of phenolic OH excluding ortho intramolecular Hbond substituents is 1. The number of hydrogen-bond acceptors (Lipinski definition) is 3. The van der Waals surface area contributed by atoms with Crippen LogP contribution in [0.4, 0.5) is 5.69 Å². The van der Waals surface area contributed by atoms with E-state index in [4.69, 9.17) is 0 Å². The zero-order valence-corrected chi connectivity index (χ0v) is 9.49. The Bertz CT molecular complexity index is 471. The zero-order chi connectivity index (χ0) is 12.4. The molecule has 1 atom stereocenters. The molecule has 1 fully saturated rings. The number of benzene rings is 1. The van der Waals surface area contributed by atoms with Crippen LogP contribution >= 0.6 is 0 Å². The SMILES string of the molecule is Cc1ccc(NC(=O)[C@@H]2CCC(=O)N2)c(O)c1. The van der Waals surface area contributed by atoms with Gasteiger partial charge in [0.2, 0.25) is 11.8 Å². The highest BCUT2D eigenvalue weighted by Gasteiger charge is 2.27. The maximum Gasteiger partial charge on any atom is 0.247 e. The van der Waals surface area contributed by atoms with Gasteiger partial charge in [-0.2, -0.15) is 0 Å². The van der Waals surface area contributed by atoms with Crippen molar-refractivity contribution in [2.45, 2.75) is 25.8 Å². The molecular formula is C12H14N2O3. The number of carbonyl (C=O) groups excluding carboxylic acids is 2. The minimum Gasteiger partial charge on any atom is -0.506 e. The topological polar surface area (TPSA) is 78.4 Å². The van der Waals surface area contributed by atoms with E-state index >= 15 is 0 Å². The number of carbonyl (C=O) groups is 2. The Labute approximate surface area is 98.8 Å². The normalized spacial score (nSPS) is 18.9. The number of aromatic hydroxyl groups is 1. The predicted octanol–water partition coefficient (Wildman–Crippen LogP) is 0.918. The first-order valence-electron chi connectivity index (χ1n) is 5.46. The fourth-order valence-corrected chi connectivity index (χ4v) is 1.78. The lowest BCUT2D eigenvalue weighted by Gasteiger charge is -2.12. The van der Waals surface area contributed by atoms with Gasteiger partial charge in [0, 0.05) is 6.42 Å². The first-order valence-corrected chi connectivity index (χ1v) is 5.46. The fraction of sp³-hybridized carbons (Fsp3) is 0.333. The second-order valence-corrected chi connectivity index (χ2v) is 4.17. The molecule has 1 aromatic carbocycles. The lowest BCUT2D eigenvalue weighted by molar-refractivity contribution is -0.122. The molecule has 0 aromatic heterocycles. The smallest absolute Gasteiger partial charge is 0.247 e. The van der Waals surface area contributed by atoms with Gasteiger partial charge >= 0.3 is 0 Å². The van der Waals surface area contributed by atoms with Gasteiger partial charge in [-0.3, -0.25) is 9.59 Å². The minimum atomic E-state index is -0.497. The number of phenols is 1. The number of amides is 2. The van der Waals surface area contributed by atoms with E-state index in [2.05, 4.69) is 10.6 Å². The molecule has 1 aliphatic rings. The van der Waals surface area contributed by atoms with E-state index in [9.17, 15) is 14.7 Å². The van der Waals surface area contributed by atoms with Crippen molar-refractivity contribution in [1.82, 2.24) is 5.32 Å². The van der Waals surface area contributed by atoms with E-state index in [0.717, 1.165) is 5.56 Å². The molecule has 2 amide bonds. The van der Waals surface area contributed by atoms with Gasteiger partial charge in [-0.15, -0.1) is 0 Å². The van der Waals surface area contributed by atoms with Crippen LogP contribution in [-0.4, -0.2) is 23.0 Å². The summed E-state index contributed by atoms with van der Waals surface area (Å²) in [7, 11) is 0. The van der Waals surface area contributed by atoms with Crippen LogP contribution in [0.15, 0.2) is 18.2 Å².